The summed E-state index contributed by atoms with van der Waals surface area (Å²) in [5.74, 6) is -0.406. The summed E-state index contributed by atoms with van der Waals surface area (Å²) in [5, 5.41) is 4.94. The van der Waals surface area contributed by atoms with Crippen molar-refractivity contribution < 1.29 is 13.2 Å². The number of hydrogen-bond donors (Lipinski definition) is 1. The van der Waals surface area contributed by atoms with E-state index in [0.717, 1.165) is 11.3 Å². The number of benzene rings is 1. The fourth-order valence-corrected chi connectivity index (χ4v) is 5.76. The van der Waals surface area contributed by atoms with Gasteiger partial charge in [0.25, 0.3) is 10.0 Å². The molecule has 1 aromatic carbocycles. The number of anilines is 1. The van der Waals surface area contributed by atoms with Crippen LogP contribution in [0.25, 0.3) is 0 Å². The Bertz CT molecular complexity index is 854. The number of carbonyl (C=O) groups excluding carboxylic acids is 1. The second kappa shape index (κ2) is 7.01. The second-order valence-corrected chi connectivity index (χ2v) is 9.15. The summed E-state index contributed by atoms with van der Waals surface area (Å²) in [6, 6.07) is 7.36. The molecule has 1 fully saturated rings. The lowest BCUT2D eigenvalue weighted by atomic mass is 10.2. The van der Waals surface area contributed by atoms with Gasteiger partial charge in [-0.2, -0.15) is 4.31 Å². The van der Waals surface area contributed by atoms with Crippen LogP contribution in [-0.2, 0) is 14.8 Å². The number of sulfonamides is 1. The van der Waals surface area contributed by atoms with Gasteiger partial charge in [0.2, 0.25) is 5.91 Å². The van der Waals surface area contributed by atoms with Crippen molar-refractivity contribution in [3.05, 3.63) is 45.8 Å². The Kier molecular flexibility index (Phi) is 5.17. The van der Waals surface area contributed by atoms with Crippen molar-refractivity contribution in [1.29, 1.82) is 0 Å². The molecule has 128 valence electrons. The highest BCUT2D eigenvalue weighted by molar-refractivity contribution is 7.91. The highest BCUT2D eigenvalue weighted by Gasteiger charge is 2.40. The number of hydrogen-bond acceptors (Lipinski definition) is 4. The van der Waals surface area contributed by atoms with Crippen LogP contribution < -0.4 is 5.32 Å². The van der Waals surface area contributed by atoms with E-state index in [1.165, 1.54) is 4.31 Å². The Labute approximate surface area is 154 Å². The highest BCUT2D eigenvalue weighted by Crippen LogP contribution is 2.32. The van der Waals surface area contributed by atoms with Crippen molar-refractivity contribution in [1.82, 2.24) is 4.31 Å². The zero-order valence-electron chi connectivity index (χ0n) is 12.4. The number of thiophene rings is 1. The van der Waals surface area contributed by atoms with Crippen molar-refractivity contribution in [3.8, 4) is 0 Å². The molecular weight excluding hydrogens is 391 g/mol. The van der Waals surface area contributed by atoms with E-state index in [4.69, 9.17) is 23.2 Å². The largest absolute Gasteiger partial charge is 0.323 e. The lowest BCUT2D eigenvalue weighted by Gasteiger charge is -2.23. The minimum Gasteiger partial charge on any atom is -0.323 e. The van der Waals surface area contributed by atoms with Crippen LogP contribution in [0.3, 0.4) is 0 Å². The zero-order valence-corrected chi connectivity index (χ0v) is 15.6. The number of nitrogens with one attached hydrogen (secondary N) is 1. The number of carbonyl (C=O) groups is 1. The van der Waals surface area contributed by atoms with Gasteiger partial charge in [-0.3, -0.25) is 4.79 Å². The van der Waals surface area contributed by atoms with E-state index in [-0.39, 0.29) is 9.23 Å². The van der Waals surface area contributed by atoms with Gasteiger partial charge in [0.05, 0.1) is 15.7 Å². The monoisotopic (exact) mass is 404 g/mol. The predicted octanol–water partition coefficient (Wildman–Crippen LogP) is 3.85. The molecule has 5 nitrogen and oxygen atoms in total. The van der Waals surface area contributed by atoms with Gasteiger partial charge >= 0.3 is 0 Å². The quantitative estimate of drug-likeness (QED) is 0.841. The molecule has 1 saturated heterocycles. The summed E-state index contributed by atoms with van der Waals surface area (Å²) < 4.78 is 26.9. The van der Waals surface area contributed by atoms with Crippen LogP contribution in [-0.4, -0.2) is 31.2 Å². The van der Waals surface area contributed by atoms with Gasteiger partial charge in [-0.25, -0.2) is 8.42 Å². The van der Waals surface area contributed by atoms with Gasteiger partial charge in [0, 0.05) is 6.54 Å². The fraction of sp³-hybridized carbons (Fsp3) is 0.267. The normalized spacial score (nSPS) is 18.7. The molecule has 1 aliphatic rings. The Morgan fingerprint density at radius 2 is 2.04 bits per heavy atom. The summed E-state index contributed by atoms with van der Waals surface area (Å²) in [6.07, 6.45) is 1.10. The molecule has 0 spiro atoms. The van der Waals surface area contributed by atoms with Crippen molar-refractivity contribution in [3.63, 3.8) is 0 Å². The molecule has 1 amide bonds. The molecular formula is C15H14Cl2N2O3S2. The van der Waals surface area contributed by atoms with E-state index in [1.54, 1.807) is 35.7 Å². The molecule has 3 rings (SSSR count). The van der Waals surface area contributed by atoms with Crippen LogP contribution in [0.1, 0.15) is 12.8 Å². The summed E-state index contributed by atoms with van der Waals surface area (Å²) in [5.41, 5.74) is 0.370. The molecule has 1 N–H and O–H groups in total. The molecule has 0 aliphatic carbocycles. The van der Waals surface area contributed by atoms with Crippen LogP contribution in [0.15, 0.2) is 39.9 Å². The van der Waals surface area contributed by atoms with Crippen LogP contribution >= 0.6 is 34.5 Å². The maximum Gasteiger partial charge on any atom is 0.253 e. The first-order valence-electron chi connectivity index (χ1n) is 7.21. The van der Waals surface area contributed by atoms with Crippen LogP contribution in [0.4, 0.5) is 5.69 Å². The summed E-state index contributed by atoms with van der Waals surface area (Å²) in [7, 11) is -3.67. The number of nitrogens with zero attached hydrogens (tertiary/aromatic N) is 1. The average Bonchev–Trinajstić information content (AvgIpc) is 3.22. The van der Waals surface area contributed by atoms with Crippen LogP contribution in [0.2, 0.25) is 10.0 Å². The average molecular weight is 405 g/mol. The molecule has 1 atom stereocenters. The van der Waals surface area contributed by atoms with E-state index in [2.05, 4.69) is 5.32 Å². The minimum atomic E-state index is -3.67. The third kappa shape index (κ3) is 3.32. The molecule has 9 heteroatoms. The molecule has 24 heavy (non-hydrogen) atoms. The summed E-state index contributed by atoms with van der Waals surface area (Å²) in [6.45, 7) is 0.321. The van der Waals surface area contributed by atoms with Gasteiger partial charge in [-0.15, -0.1) is 11.3 Å². The first kappa shape index (κ1) is 17.7. The third-order valence-corrected chi connectivity index (χ3v) is 7.87. The molecule has 1 aliphatic heterocycles. The number of rotatable bonds is 4. The standard InChI is InChI=1S/C15H14Cl2N2O3S2/c16-10-4-1-5-11(14(10)17)18-15(20)12-6-2-8-19(12)24(21,22)13-7-3-9-23-13/h1,3-5,7,9,12H,2,6,8H2,(H,18,20)/t12-/m0/s1. The van der Waals surface area contributed by atoms with E-state index in [1.807, 2.05) is 0 Å². The van der Waals surface area contributed by atoms with Crippen molar-refractivity contribution in [2.75, 3.05) is 11.9 Å². The summed E-state index contributed by atoms with van der Waals surface area (Å²) >= 11 is 13.2. The molecule has 0 bridgehead atoms. The smallest absolute Gasteiger partial charge is 0.253 e. The third-order valence-electron chi connectivity index (χ3n) is 3.77. The lowest BCUT2D eigenvalue weighted by Crippen LogP contribution is -2.42. The molecule has 2 aromatic rings. The maximum atomic E-state index is 12.7. The highest BCUT2D eigenvalue weighted by atomic mass is 35.5. The zero-order chi connectivity index (χ0) is 17.3. The molecule has 1 aromatic heterocycles. The molecule has 0 radical (unpaired) electrons. The van der Waals surface area contributed by atoms with E-state index < -0.39 is 22.0 Å². The Hall–Kier alpha value is -1.12. The minimum absolute atomic E-state index is 0.234. The maximum absolute atomic E-state index is 12.7. The second-order valence-electron chi connectivity index (χ2n) is 5.30. The predicted molar refractivity (Wildman–Crippen MR) is 96.3 cm³/mol. The van der Waals surface area contributed by atoms with Crippen molar-refractivity contribution in [2.45, 2.75) is 23.1 Å². The van der Waals surface area contributed by atoms with Gasteiger partial charge in [0.15, 0.2) is 0 Å². The van der Waals surface area contributed by atoms with Crippen molar-refractivity contribution in [2.24, 2.45) is 0 Å². The van der Waals surface area contributed by atoms with Crippen LogP contribution in [0.5, 0.6) is 0 Å². The van der Waals surface area contributed by atoms with Gasteiger partial charge in [-0.1, -0.05) is 35.3 Å². The van der Waals surface area contributed by atoms with Gasteiger partial charge < -0.3 is 5.32 Å². The van der Waals surface area contributed by atoms with E-state index in [9.17, 15) is 13.2 Å². The molecule has 0 unspecified atom stereocenters. The topological polar surface area (TPSA) is 66.5 Å². The van der Waals surface area contributed by atoms with Gasteiger partial charge in [0.1, 0.15) is 10.3 Å². The SMILES string of the molecule is O=C(Nc1cccc(Cl)c1Cl)[C@@H]1CCCN1S(=O)(=O)c1cccs1. The Balaban J connectivity index is 1.83. The van der Waals surface area contributed by atoms with E-state index >= 15 is 0 Å². The number of amides is 1. The van der Waals surface area contributed by atoms with Gasteiger partial charge in [-0.05, 0) is 36.4 Å². The summed E-state index contributed by atoms with van der Waals surface area (Å²) in [4.78, 5) is 12.6. The van der Waals surface area contributed by atoms with E-state index in [0.29, 0.717) is 30.1 Å². The fourth-order valence-electron chi connectivity index (χ4n) is 2.63. The Morgan fingerprint density at radius 3 is 2.75 bits per heavy atom. The van der Waals surface area contributed by atoms with Crippen molar-refractivity contribution >= 4 is 56.2 Å². The number of halogens is 2. The Morgan fingerprint density at radius 1 is 1.25 bits per heavy atom. The lowest BCUT2D eigenvalue weighted by molar-refractivity contribution is -0.119. The van der Waals surface area contributed by atoms with Crippen LogP contribution in [0, 0.1) is 0 Å². The molecule has 0 saturated carbocycles. The molecule has 2 heterocycles. The first-order valence-corrected chi connectivity index (χ1v) is 10.3. The first-order chi connectivity index (χ1) is 11.4.